The average Bonchev–Trinajstić information content (AvgIpc) is 2.53. The normalized spacial score (nSPS) is 11.5. The second kappa shape index (κ2) is 15.1. The molecule has 0 saturated carbocycles. The fraction of sp³-hybridized carbons (Fsp3) is 0.800. The lowest BCUT2D eigenvalue weighted by atomic mass is 10.1. The van der Waals surface area contributed by atoms with E-state index in [1.54, 1.807) is 0 Å². The van der Waals surface area contributed by atoms with Crippen LogP contribution < -0.4 is 0 Å². The van der Waals surface area contributed by atoms with Crippen molar-refractivity contribution in [2.75, 3.05) is 6.61 Å². The molecule has 0 rings (SSSR count). The minimum Gasteiger partial charge on any atom is -0.466 e. The number of hydrogen-bond donors (Lipinski definition) is 0. The fourth-order valence-electron chi connectivity index (χ4n) is 2.15. The highest BCUT2D eigenvalue weighted by Gasteiger charge is 2.14. The summed E-state index contributed by atoms with van der Waals surface area (Å²) in [6.07, 6.45) is 6.28. The summed E-state index contributed by atoms with van der Waals surface area (Å²) in [6.45, 7) is 8.76. The molecule has 0 aromatic rings. The molecule has 0 aromatic carbocycles. The van der Waals surface area contributed by atoms with Gasteiger partial charge in [0.15, 0.2) is 6.10 Å². The minimum atomic E-state index is -0.319. The van der Waals surface area contributed by atoms with Gasteiger partial charge in [0.1, 0.15) is 0 Å². The van der Waals surface area contributed by atoms with Crippen molar-refractivity contribution in [2.45, 2.75) is 91.6 Å². The monoisotopic (exact) mass is 338 g/mol. The summed E-state index contributed by atoms with van der Waals surface area (Å²) < 4.78 is 10.6. The van der Waals surface area contributed by atoms with Crippen LogP contribution in [0.5, 0.6) is 0 Å². The molecule has 1 atom stereocenters. The summed E-state index contributed by atoms with van der Waals surface area (Å²) in [5.74, 6) is 6.01. The molecule has 0 aliphatic carbocycles. The minimum absolute atomic E-state index is 0.175. The third kappa shape index (κ3) is 14.1. The van der Waals surface area contributed by atoms with Crippen molar-refractivity contribution in [1.29, 1.82) is 0 Å². The van der Waals surface area contributed by atoms with E-state index in [0.717, 1.165) is 32.1 Å². The molecule has 1 unspecified atom stereocenters. The number of carbonyl (C=O) groups excluding carboxylic acids is 2. The molecule has 0 N–H and O–H groups in total. The number of carbonyl (C=O) groups is 2. The highest BCUT2D eigenvalue weighted by molar-refractivity contribution is 5.70. The average molecular weight is 338 g/mol. The molecule has 0 heterocycles. The summed E-state index contributed by atoms with van der Waals surface area (Å²) in [5.41, 5.74) is 0. The van der Waals surface area contributed by atoms with E-state index in [4.69, 9.17) is 9.47 Å². The summed E-state index contributed by atoms with van der Waals surface area (Å²) in [6, 6.07) is 0. The first kappa shape index (κ1) is 22.5. The van der Waals surface area contributed by atoms with E-state index >= 15 is 0 Å². The van der Waals surface area contributed by atoms with E-state index < -0.39 is 0 Å². The first-order valence-corrected chi connectivity index (χ1v) is 9.33. The van der Waals surface area contributed by atoms with Crippen LogP contribution in [0.3, 0.4) is 0 Å². The Hall–Kier alpha value is -1.50. The molecule has 138 valence electrons. The smallest absolute Gasteiger partial charge is 0.307 e. The van der Waals surface area contributed by atoms with E-state index in [2.05, 4.69) is 32.6 Å². The highest BCUT2D eigenvalue weighted by atomic mass is 16.5. The Bertz CT molecular complexity index is 404. The highest BCUT2D eigenvalue weighted by Crippen LogP contribution is 2.10. The number of ether oxygens (including phenoxy) is 2. The lowest BCUT2D eigenvalue weighted by Gasteiger charge is -2.14. The Balaban J connectivity index is 3.88. The number of esters is 2. The van der Waals surface area contributed by atoms with Crippen LogP contribution in [0.1, 0.15) is 85.5 Å². The number of rotatable bonds is 12. The van der Waals surface area contributed by atoms with Crippen LogP contribution in [0.25, 0.3) is 0 Å². The van der Waals surface area contributed by atoms with Crippen LogP contribution in [-0.2, 0) is 19.1 Å². The Morgan fingerprint density at radius 3 is 2.21 bits per heavy atom. The molecular weight excluding hydrogens is 304 g/mol. The molecule has 0 fully saturated rings. The molecule has 0 saturated heterocycles. The predicted molar refractivity (Wildman–Crippen MR) is 96.4 cm³/mol. The summed E-state index contributed by atoms with van der Waals surface area (Å²) in [5, 5.41) is 0. The predicted octanol–water partition coefficient (Wildman–Crippen LogP) is 4.65. The van der Waals surface area contributed by atoms with E-state index in [1.807, 2.05) is 6.92 Å². The topological polar surface area (TPSA) is 52.6 Å². The van der Waals surface area contributed by atoms with Gasteiger partial charge in [-0.1, -0.05) is 52.4 Å². The van der Waals surface area contributed by atoms with Crippen LogP contribution >= 0.6 is 0 Å². The van der Waals surface area contributed by atoms with Gasteiger partial charge in [-0.2, -0.15) is 0 Å². The van der Waals surface area contributed by atoms with E-state index in [9.17, 15) is 9.59 Å². The third-order valence-corrected chi connectivity index (χ3v) is 3.42. The van der Waals surface area contributed by atoms with E-state index in [-0.39, 0.29) is 18.0 Å². The van der Waals surface area contributed by atoms with Crippen LogP contribution in [0.2, 0.25) is 0 Å². The number of hydrogen-bond acceptors (Lipinski definition) is 4. The SMILES string of the molecule is CCC#CC(CC(C)C)OC(=O)CCCCC(=O)OCCCCC. The van der Waals surface area contributed by atoms with Gasteiger partial charge in [0.25, 0.3) is 0 Å². The molecule has 0 aliphatic heterocycles. The molecule has 0 amide bonds. The summed E-state index contributed by atoms with van der Waals surface area (Å²) in [7, 11) is 0. The molecule has 0 radical (unpaired) electrons. The zero-order chi connectivity index (χ0) is 18.2. The van der Waals surface area contributed by atoms with Crippen molar-refractivity contribution in [3.63, 3.8) is 0 Å². The van der Waals surface area contributed by atoms with Crippen molar-refractivity contribution in [3.05, 3.63) is 0 Å². The molecule has 4 nitrogen and oxygen atoms in total. The molecule has 0 aliphatic rings. The van der Waals surface area contributed by atoms with Gasteiger partial charge in [-0.25, -0.2) is 0 Å². The van der Waals surface area contributed by atoms with Gasteiger partial charge in [0.05, 0.1) is 6.61 Å². The first-order chi connectivity index (χ1) is 11.5. The van der Waals surface area contributed by atoms with Crippen molar-refractivity contribution >= 4 is 11.9 Å². The van der Waals surface area contributed by atoms with Crippen molar-refractivity contribution in [2.24, 2.45) is 5.92 Å². The summed E-state index contributed by atoms with van der Waals surface area (Å²) >= 11 is 0. The van der Waals surface area contributed by atoms with Gasteiger partial charge >= 0.3 is 11.9 Å². The molecule has 24 heavy (non-hydrogen) atoms. The second-order valence-corrected chi connectivity index (χ2v) is 6.42. The van der Waals surface area contributed by atoms with Gasteiger partial charge in [0.2, 0.25) is 0 Å². The van der Waals surface area contributed by atoms with Crippen molar-refractivity contribution in [3.8, 4) is 11.8 Å². The van der Waals surface area contributed by atoms with Crippen LogP contribution in [0, 0.1) is 17.8 Å². The Kier molecular flexibility index (Phi) is 14.1. The van der Waals surface area contributed by atoms with Gasteiger partial charge < -0.3 is 9.47 Å². The Morgan fingerprint density at radius 2 is 1.62 bits per heavy atom. The maximum absolute atomic E-state index is 11.9. The molecule has 0 spiro atoms. The molecule has 4 heteroatoms. The first-order valence-electron chi connectivity index (χ1n) is 9.33. The van der Waals surface area contributed by atoms with Crippen molar-refractivity contribution < 1.29 is 19.1 Å². The Morgan fingerprint density at radius 1 is 0.958 bits per heavy atom. The maximum atomic E-state index is 11.9. The van der Waals surface area contributed by atoms with Gasteiger partial charge in [-0.05, 0) is 31.6 Å². The number of unbranched alkanes of at least 4 members (excludes halogenated alkanes) is 3. The van der Waals surface area contributed by atoms with Gasteiger partial charge in [-0.3, -0.25) is 9.59 Å². The summed E-state index contributed by atoms with van der Waals surface area (Å²) in [4.78, 5) is 23.4. The van der Waals surface area contributed by atoms with Gasteiger partial charge in [-0.15, -0.1) is 0 Å². The van der Waals surface area contributed by atoms with Crippen LogP contribution in [0.15, 0.2) is 0 Å². The fourth-order valence-corrected chi connectivity index (χ4v) is 2.15. The zero-order valence-corrected chi connectivity index (χ0v) is 15.9. The molecule has 0 aromatic heterocycles. The standard InChI is InChI=1S/C20H34O4/c1-5-7-11-15-23-19(21)13-9-10-14-20(22)24-18(12-8-6-2)16-17(3)4/h17-18H,5-7,9-11,13-16H2,1-4H3. The molecular formula is C20H34O4. The van der Waals surface area contributed by atoms with Crippen LogP contribution in [-0.4, -0.2) is 24.6 Å². The zero-order valence-electron chi connectivity index (χ0n) is 15.9. The van der Waals surface area contributed by atoms with Crippen molar-refractivity contribution in [1.82, 2.24) is 0 Å². The lowest BCUT2D eigenvalue weighted by Crippen LogP contribution is -2.18. The second-order valence-electron chi connectivity index (χ2n) is 6.42. The quantitative estimate of drug-likeness (QED) is 0.295. The van der Waals surface area contributed by atoms with Crippen LogP contribution in [0.4, 0.5) is 0 Å². The van der Waals surface area contributed by atoms with Gasteiger partial charge in [0, 0.05) is 19.3 Å². The third-order valence-electron chi connectivity index (χ3n) is 3.42. The van der Waals surface area contributed by atoms with E-state index in [0.29, 0.717) is 38.2 Å². The Labute approximate surface area is 147 Å². The largest absolute Gasteiger partial charge is 0.466 e. The molecule has 0 bridgehead atoms. The van der Waals surface area contributed by atoms with E-state index in [1.165, 1.54) is 0 Å². The lowest BCUT2D eigenvalue weighted by molar-refractivity contribution is -0.148. The maximum Gasteiger partial charge on any atom is 0.307 e.